The van der Waals surface area contributed by atoms with Gasteiger partial charge in [-0.05, 0) is 60.5 Å². The molecule has 2 aromatic carbocycles. The summed E-state index contributed by atoms with van der Waals surface area (Å²) in [4.78, 5) is 28.2. The Balaban J connectivity index is 1.53. The minimum atomic E-state index is -0.0361. The van der Waals surface area contributed by atoms with Gasteiger partial charge in [-0.1, -0.05) is 24.3 Å². The Morgan fingerprint density at radius 3 is 2.56 bits per heavy atom. The highest BCUT2D eigenvalue weighted by atomic mass is 16.3. The molecule has 5 aromatic rings. The Morgan fingerprint density at radius 1 is 0.944 bits per heavy atom. The molecule has 8 nitrogen and oxygen atoms in total. The van der Waals surface area contributed by atoms with Crippen molar-refractivity contribution >= 4 is 28.6 Å². The largest absolute Gasteiger partial charge is 0.392 e. The minimum Gasteiger partial charge on any atom is -0.392 e. The lowest BCUT2D eigenvalue weighted by molar-refractivity contribution is -0.117. The number of nitrogens with two attached hydrogens (primary N) is 1. The van der Waals surface area contributed by atoms with Gasteiger partial charge in [-0.15, -0.1) is 0 Å². The molecule has 1 amide bonds. The maximum Gasteiger partial charge on any atom is 0.227 e. The summed E-state index contributed by atoms with van der Waals surface area (Å²) >= 11 is 0. The van der Waals surface area contributed by atoms with Crippen LogP contribution in [0, 0.1) is 0 Å². The van der Waals surface area contributed by atoms with Crippen molar-refractivity contribution in [1.82, 2.24) is 19.5 Å². The molecule has 1 aliphatic heterocycles. The van der Waals surface area contributed by atoms with Crippen LogP contribution in [0.5, 0.6) is 0 Å². The number of aliphatic hydroxyl groups excluding tert-OH is 1. The van der Waals surface area contributed by atoms with E-state index in [0.717, 1.165) is 41.2 Å². The second kappa shape index (κ2) is 8.90. The van der Waals surface area contributed by atoms with E-state index in [1.54, 1.807) is 6.20 Å². The number of rotatable bonds is 5. The molecule has 0 bridgehead atoms. The summed E-state index contributed by atoms with van der Waals surface area (Å²) in [5.74, 6) is 1.16. The van der Waals surface area contributed by atoms with Crippen LogP contribution in [-0.4, -0.2) is 37.1 Å². The van der Waals surface area contributed by atoms with Crippen LogP contribution in [-0.2, 0) is 11.4 Å². The predicted molar refractivity (Wildman–Crippen MR) is 139 cm³/mol. The van der Waals surface area contributed by atoms with Crippen molar-refractivity contribution in [1.29, 1.82) is 0 Å². The van der Waals surface area contributed by atoms with Crippen molar-refractivity contribution in [2.45, 2.75) is 19.4 Å². The number of benzene rings is 2. The van der Waals surface area contributed by atoms with Crippen LogP contribution in [0.2, 0.25) is 0 Å². The third-order valence-electron chi connectivity index (χ3n) is 6.49. The van der Waals surface area contributed by atoms with Crippen molar-refractivity contribution < 1.29 is 9.90 Å². The van der Waals surface area contributed by atoms with E-state index in [1.807, 2.05) is 82.3 Å². The molecule has 1 saturated heterocycles. The number of nitrogens with zero attached hydrogens (tertiary/aromatic N) is 5. The molecule has 0 spiro atoms. The van der Waals surface area contributed by atoms with E-state index in [1.165, 1.54) is 0 Å². The van der Waals surface area contributed by atoms with Gasteiger partial charge in [0.2, 0.25) is 5.91 Å². The molecule has 1 aliphatic rings. The number of aliphatic hydroxyl groups is 1. The number of amides is 1. The average molecular weight is 477 g/mol. The fourth-order valence-electron chi connectivity index (χ4n) is 4.65. The van der Waals surface area contributed by atoms with E-state index in [-0.39, 0.29) is 12.5 Å². The molecule has 3 N–H and O–H groups in total. The monoisotopic (exact) mass is 476 g/mol. The first-order chi connectivity index (χ1) is 17.6. The fraction of sp³-hybridized carbons (Fsp3) is 0.143. The molecule has 0 atom stereocenters. The van der Waals surface area contributed by atoms with Crippen LogP contribution in [0.3, 0.4) is 0 Å². The summed E-state index contributed by atoms with van der Waals surface area (Å²) in [5.41, 5.74) is 12.5. The van der Waals surface area contributed by atoms with Gasteiger partial charge in [-0.25, -0.2) is 15.0 Å². The maximum atomic E-state index is 12.3. The SMILES string of the molecule is Nc1ncccc1-c1nc2ccc(-c3cccc(N4CCCC4=O)c3)nc2n1-c1ccc(CO)cc1. The molecule has 8 heteroatoms. The number of pyridine rings is 2. The number of nitrogen functional groups attached to an aromatic ring is 1. The number of hydrogen-bond acceptors (Lipinski definition) is 6. The third-order valence-corrected chi connectivity index (χ3v) is 6.49. The van der Waals surface area contributed by atoms with E-state index in [4.69, 9.17) is 15.7 Å². The van der Waals surface area contributed by atoms with Crippen molar-refractivity contribution in [3.8, 4) is 28.3 Å². The zero-order valence-electron chi connectivity index (χ0n) is 19.5. The zero-order valence-corrected chi connectivity index (χ0v) is 19.5. The van der Waals surface area contributed by atoms with Gasteiger partial charge in [0, 0.05) is 36.1 Å². The molecule has 0 unspecified atom stereocenters. The quantitative estimate of drug-likeness (QED) is 0.390. The molecule has 0 aliphatic carbocycles. The average Bonchev–Trinajstić information content (AvgIpc) is 3.52. The van der Waals surface area contributed by atoms with Crippen LogP contribution in [0.4, 0.5) is 11.5 Å². The molecule has 0 saturated carbocycles. The van der Waals surface area contributed by atoms with Crippen molar-refractivity contribution in [3.05, 3.63) is 84.6 Å². The van der Waals surface area contributed by atoms with Crippen LogP contribution in [0.1, 0.15) is 18.4 Å². The topological polar surface area (TPSA) is 110 Å². The van der Waals surface area contributed by atoms with Gasteiger partial charge in [0.1, 0.15) is 11.3 Å². The molecule has 178 valence electrons. The number of hydrogen-bond donors (Lipinski definition) is 2. The van der Waals surface area contributed by atoms with Crippen LogP contribution < -0.4 is 10.6 Å². The second-order valence-electron chi connectivity index (χ2n) is 8.77. The summed E-state index contributed by atoms with van der Waals surface area (Å²) in [5, 5.41) is 9.50. The summed E-state index contributed by atoms with van der Waals surface area (Å²) in [6, 6.07) is 23.1. The minimum absolute atomic E-state index is 0.0361. The van der Waals surface area contributed by atoms with Crippen molar-refractivity contribution in [2.75, 3.05) is 17.2 Å². The van der Waals surface area contributed by atoms with Gasteiger partial charge in [-0.3, -0.25) is 9.36 Å². The van der Waals surface area contributed by atoms with E-state index in [0.29, 0.717) is 34.8 Å². The van der Waals surface area contributed by atoms with E-state index in [2.05, 4.69) is 4.98 Å². The fourth-order valence-corrected chi connectivity index (χ4v) is 4.65. The van der Waals surface area contributed by atoms with E-state index >= 15 is 0 Å². The normalized spacial score (nSPS) is 13.6. The number of anilines is 2. The molecule has 4 heterocycles. The number of imidazole rings is 1. The van der Waals surface area contributed by atoms with Crippen molar-refractivity contribution in [3.63, 3.8) is 0 Å². The highest BCUT2D eigenvalue weighted by Gasteiger charge is 2.22. The lowest BCUT2D eigenvalue weighted by Gasteiger charge is -2.16. The first kappa shape index (κ1) is 21.9. The van der Waals surface area contributed by atoms with Crippen LogP contribution >= 0.6 is 0 Å². The Hall–Kier alpha value is -4.56. The van der Waals surface area contributed by atoms with E-state index in [9.17, 15) is 9.90 Å². The maximum absolute atomic E-state index is 12.3. The first-order valence-electron chi connectivity index (χ1n) is 11.8. The standard InChI is InChI=1S/C28H24N6O2/c29-26-22(6-2-14-30-26)27-32-24-13-12-23(19-4-1-5-21(16-19)33-15-3-7-25(33)36)31-28(24)34(27)20-10-8-18(17-35)9-11-20/h1-2,4-6,8-14,16,35H,3,7,15,17H2,(H2,29,30). The molecular weight excluding hydrogens is 452 g/mol. The number of aromatic nitrogens is 4. The lowest BCUT2D eigenvalue weighted by atomic mass is 10.1. The molecule has 3 aromatic heterocycles. The van der Waals surface area contributed by atoms with Gasteiger partial charge in [0.25, 0.3) is 0 Å². The smallest absolute Gasteiger partial charge is 0.227 e. The van der Waals surface area contributed by atoms with Gasteiger partial charge >= 0.3 is 0 Å². The number of carbonyl (C=O) groups is 1. The van der Waals surface area contributed by atoms with Crippen LogP contribution in [0.15, 0.2) is 79.0 Å². The van der Waals surface area contributed by atoms with Gasteiger partial charge < -0.3 is 15.7 Å². The Bertz CT molecular complexity index is 1590. The molecule has 36 heavy (non-hydrogen) atoms. The van der Waals surface area contributed by atoms with Crippen molar-refractivity contribution in [2.24, 2.45) is 0 Å². The Morgan fingerprint density at radius 2 is 1.81 bits per heavy atom. The van der Waals surface area contributed by atoms with Gasteiger partial charge in [0.15, 0.2) is 11.5 Å². The zero-order chi connectivity index (χ0) is 24.6. The van der Waals surface area contributed by atoms with Gasteiger partial charge in [-0.2, -0.15) is 0 Å². The number of fused-ring (bicyclic) bond motifs is 1. The third kappa shape index (κ3) is 3.77. The second-order valence-corrected chi connectivity index (χ2v) is 8.77. The Labute approximate surface area is 207 Å². The molecule has 0 radical (unpaired) electrons. The summed E-state index contributed by atoms with van der Waals surface area (Å²) in [6.45, 7) is 0.701. The highest BCUT2D eigenvalue weighted by Crippen LogP contribution is 2.33. The van der Waals surface area contributed by atoms with E-state index < -0.39 is 0 Å². The molecule has 6 rings (SSSR count). The summed E-state index contributed by atoms with van der Waals surface area (Å²) in [7, 11) is 0. The summed E-state index contributed by atoms with van der Waals surface area (Å²) in [6.07, 6.45) is 3.11. The first-order valence-corrected chi connectivity index (χ1v) is 11.8. The Kier molecular flexibility index (Phi) is 5.42. The lowest BCUT2D eigenvalue weighted by Crippen LogP contribution is -2.23. The van der Waals surface area contributed by atoms with Crippen LogP contribution in [0.25, 0.3) is 39.5 Å². The molecular formula is C28H24N6O2. The summed E-state index contributed by atoms with van der Waals surface area (Å²) < 4.78 is 1.96. The molecule has 1 fully saturated rings. The predicted octanol–water partition coefficient (Wildman–Crippen LogP) is 4.35. The highest BCUT2D eigenvalue weighted by molar-refractivity contribution is 5.96. The number of carbonyl (C=O) groups excluding carboxylic acids is 1. The van der Waals surface area contributed by atoms with Gasteiger partial charge in [0.05, 0.1) is 17.9 Å².